The molecule has 2 heterocycles. The van der Waals surface area contributed by atoms with Gasteiger partial charge < -0.3 is 10.2 Å². The van der Waals surface area contributed by atoms with E-state index in [0.29, 0.717) is 31.6 Å². The fraction of sp³-hybridized carbons (Fsp3) is 0.750. The first-order chi connectivity index (χ1) is 11.0. The molecule has 0 aromatic heterocycles. The largest absolute Gasteiger partial charge is 0.348 e. The Bertz CT molecular complexity index is 492. The average Bonchev–Trinajstić information content (AvgIpc) is 2.57. The molecule has 0 saturated carbocycles. The van der Waals surface area contributed by atoms with E-state index in [-0.39, 0.29) is 29.7 Å². The molecule has 0 aromatic rings. The monoisotopic (exact) mass is 322 g/mol. The Balaban J connectivity index is 1.79. The van der Waals surface area contributed by atoms with Crippen molar-refractivity contribution in [1.29, 1.82) is 0 Å². The molecular weight excluding hydrogens is 296 g/mol. The molecule has 0 bridgehead atoms. The van der Waals surface area contributed by atoms with Crippen LogP contribution < -0.4 is 10.7 Å². The Morgan fingerprint density at radius 3 is 2.43 bits per heavy atom. The van der Waals surface area contributed by atoms with Crippen molar-refractivity contribution in [2.24, 2.45) is 11.0 Å². The first-order valence-corrected chi connectivity index (χ1v) is 8.50. The van der Waals surface area contributed by atoms with Crippen LogP contribution in [0.2, 0.25) is 0 Å². The van der Waals surface area contributed by atoms with E-state index in [1.165, 1.54) is 0 Å². The zero-order valence-electron chi connectivity index (χ0n) is 13.9. The van der Waals surface area contributed by atoms with Crippen LogP contribution in [0.1, 0.15) is 52.4 Å². The summed E-state index contributed by atoms with van der Waals surface area (Å²) in [7, 11) is 0. The summed E-state index contributed by atoms with van der Waals surface area (Å²) in [5, 5.41) is 6.77. The van der Waals surface area contributed by atoms with Crippen LogP contribution in [0.4, 0.5) is 0 Å². The predicted molar refractivity (Wildman–Crippen MR) is 86.6 cm³/mol. The summed E-state index contributed by atoms with van der Waals surface area (Å²) in [4.78, 5) is 37.4. The number of hydrogen-bond acceptors (Lipinski definition) is 4. The van der Waals surface area contributed by atoms with Crippen molar-refractivity contribution in [3.05, 3.63) is 0 Å². The lowest BCUT2D eigenvalue weighted by atomic mass is 9.98. The molecule has 0 atom stereocenters. The van der Waals surface area contributed by atoms with E-state index in [0.717, 1.165) is 25.7 Å². The van der Waals surface area contributed by atoms with Crippen LogP contribution in [0.3, 0.4) is 0 Å². The number of piperidine rings is 1. The van der Waals surface area contributed by atoms with Gasteiger partial charge in [0, 0.05) is 37.9 Å². The van der Waals surface area contributed by atoms with Crippen LogP contribution in [-0.2, 0) is 14.4 Å². The van der Waals surface area contributed by atoms with Crippen molar-refractivity contribution in [2.45, 2.75) is 58.4 Å². The molecule has 2 aliphatic rings. The lowest BCUT2D eigenvalue weighted by Gasteiger charge is -2.34. The molecule has 1 fully saturated rings. The van der Waals surface area contributed by atoms with Gasteiger partial charge in [0.1, 0.15) is 5.71 Å². The molecule has 7 nitrogen and oxygen atoms in total. The first-order valence-electron chi connectivity index (χ1n) is 8.50. The number of amides is 3. The van der Waals surface area contributed by atoms with Crippen molar-refractivity contribution < 1.29 is 14.4 Å². The van der Waals surface area contributed by atoms with Crippen molar-refractivity contribution >= 4 is 23.4 Å². The Hall–Kier alpha value is -1.92. The maximum Gasteiger partial charge on any atom is 0.267 e. The highest BCUT2D eigenvalue weighted by molar-refractivity contribution is 6.39. The fourth-order valence-corrected chi connectivity index (χ4v) is 3.05. The van der Waals surface area contributed by atoms with Crippen LogP contribution >= 0.6 is 0 Å². The third-order valence-electron chi connectivity index (χ3n) is 4.64. The van der Waals surface area contributed by atoms with E-state index < -0.39 is 0 Å². The maximum absolute atomic E-state index is 12.3. The van der Waals surface area contributed by atoms with Gasteiger partial charge in [0.25, 0.3) is 5.91 Å². The average molecular weight is 322 g/mol. The second-order valence-electron chi connectivity index (χ2n) is 6.18. The van der Waals surface area contributed by atoms with Gasteiger partial charge in [0.2, 0.25) is 11.8 Å². The van der Waals surface area contributed by atoms with Crippen LogP contribution in [0.15, 0.2) is 5.10 Å². The van der Waals surface area contributed by atoms with E-state index in [2.05, 4.69) is 15.8 Å². The number of nitrogens with zero attached hydrogens (tertiary/aromatic N) is 2. The lowest BCUT2D eigenvalue weighted by molar-refractivity contribution is -0.137. The summed E-state index contributed by atoms with van der Waals surface area (Å²) in [5.41, 5.74) is 2.71. The minimum atomic E-state index is -0.213. The molecular formula is C16H26N4O3. The molecule has 7 heteroatoms. The molecule has 0 aliphatic carbocycles. The van der Waals surface area contributed by atoms with Crippen LogP contribution in [0.25, 0.3) is 0 Å². The predicted octanol–water partition coefficient (Wildman–Crippen LogP) is 0.796. The van der Waals surface area contributed by atoms with Crippen LogP contribution in [0, 0.1) is 5.92 Å². The number of nitrogens with one attached hydrogen (secondary N) is 2. The lowest BCUT2D eigenvalue weighted by Crippen LogP contribution is -2.49. The zero-order chi connectivity index (χ0) is 16.8. The number of hydrazone groups is 1. The van der Waals surface area contributed by atoms with Crippen molar-refractivity contribution in [3.63, 3.8) is 0 Å². The van der Waals surface area contributed by atoms with Crippen molar-refractivity contribution in [2.75, 3.05) is 13.1 Å². The molecule has 0 radical (unpaired) electrons. The maximum atomic E-state index is 12.3. The highest BCUT2D eigenvalue weighted by Gasteiger charge is 2.28. The van der Waals surface area contributed by atoms with Crippen LogP contribution in [0.5, 0.6) is 0 Å². The van der Waals surface area contributed by atoms with Gasteiger partial charge in [0.15, 0.2) is 0 Å². The Morgan fingerprint density at radius 1 is 1.26 bits per heavy atom. The standard InChI is InChI=1S/C16H26N4O3/c1-3-11(4-2)16(23)20-9-7-12(8-10-20)17-15(22)13-5-6-14(21)19-18-13/h11-12H,3-10H2,1-2H3,(H,17,22)(H,19,21). The SMILES string of the molecule is CCC(CC)C(=O)N1CCC(NC(=O)C2=NNC(=O)CC2)CC1. The first kappa shape index (κ1) is 17.4. The smallest absolute Gasteiger partial charge is 0.267 e. The molecule has 0 unspecified atom stereocenters. The third-order valence-corrected chi connectivity index (χ3v) is 4.64. The Labute approximate surface area is 136 Å². The molecule has 2 rings (SSSR count). The summed E-state index contributed by atoms with van der Waals surface area (Å²) in [6.45, 7) is 5.46. The molecule has 0 spiro atoms. The molecule has 2 aliphatic heterocycles. The second kappa shape index (κ2) is 8.08. The quantitative estimate of drug-likeness (QED) is 0.784. The van der Waals surface area contributed by atoms with Crippen LogP contribution in [-0.4, -0.2) is 47.5 Å². The van der Waals surface area contributed by atoms with Gasteiger partial charge in [-0.3, -0.25) is 14.4 Å². The van der Waals surface area contributed by atoms with E-state index in [1.807, 2.05) is 18.7 Å². The molecule has 3 amide bonds. The Morgan fingerprint density at radius 2 is 1.91 bits per heavy atom. The van der Waals surface area contributed by atoms with Crippen molar-refractivity contribution in [1.82, 2.24) is 15.6 Å². The van der Waals surface area contributed by atoms with E-state index in [4.69, 9.17) is 0 Å². The van der Waals surface area contributed by atoms with E-state index in [1.54, 1.807) is 0 Å². The highest BCUT2D eigenvalue weighted by Crippen LogP contribution is 2.17. The normalized spacial score (nSPS) is 19.3. The van der Waals surface area contributed by atoms with E-state index >= 15 is 0 Å². The van der Waals surface area contributed by atoms with Gasteiger partial charge in [-0.2, -0.15) is 5.10 Å². The zero-order valence-corrected chi connectivity index (χ0v) is 13.9. The Kier molecular flexibility index (Phi) is 6.12. The van der Waals surface area contributed by atoms with Gasteiger partial charge in [0.05, 0.1) is 0 Å². The van der Waals surface area contributed by atoms with Gasteiger partial charge in [-0.25, -0.2) is 5.43 Å². The fourth-order valence-electron chi connectivity index (χ4n) is 3.05. The van der Waals surface area contributed by atoms with Gasteiger partial charge in [-0.05, 0) is 25.7 Å². The molecule has 23 heavy (non-hydrogen) atoms. The number of carbonyl (C=O) groups excluding carboxylic acids is 3. The summed E-state index contributed by atoms with van der Waals surface area (Å²) < 4.78 is 0. The molecule has 2 N–H and O–H groups in total. The minimum Gasteiger partial charge on any atom is -0.348 e. The molecule has 128 valence electrons. The third kappa shape index (κ3) is 4.53. The van der Waals surface area contributed by atoms with Crippen molar-refractivity contribution in [3.8, 4) is 0 Å². The van der Waals surface area contributed by atoms with Gasteiger partial charge in [-0.1, -0.05) is 13.8 Å². The van der Waals surface area contributed by atoms with E-state index in [9.17, 15) is 14.4 Å². The van der Waals surface area contributed by atoms with Gasteiger partial charge in [-0.15, -0.1) is 0 Å². The second-order valence-corrected chi connectivity index (χ2v) is 6.18. The number of hydrogen-bond donors (Lipinski definition) is 2. The summed E-state index contributed by atoms with van der Waals surface area (Å²) in [6, 6.07) is 0.0635. The summed E-state index contributed by atoms with van der Waals surface area (Å²) in [5.74, 6) is -0.0231. The number of carbonyl (C=O) groups is 3. The van der Waals surface area contributed by atoms with Gasteiger partial charge >= 0.3 is 0 Å². The highest BCUT2D eigenvalue weighted by atomic mass is 16.2. The minimum absolute atomic E-state index is 0.0635. The molecule has 0 aromatic carbocycles. The molecule has 1 saturated heterocycles. The number of likely N-dealkylation sites (tertiary alicyclic amines) is 1. The summed E-state index contributed by atoms with van der Waals surface area (Å²) in [6.07, 6.45) is 3.95. The summed E-state index contributed by atoms with van der Waals surface area (Å²) >= 11 is 0. The topological polar surface area (TPSA) is 90.9 Å². The number of rotatable bonds is 5.